The Morgan fingerprint density at radius 3 is 2.29 bits per heavy atom. The lowest BCUT2D eigenvalue weighted by atomic mass is 9.95. The van der Waals surface area contributed by atoms with Crippen LogP contribution < -0.4 is 5.32 Å². The summed E-state index contributed by atoms with van der Waals surface area (Å²) in [5, 5.41) is 21.7. The molecule has 2 N–H and O–H groups in total. The second-order valence-corrected chi connectivity index (χ2v) is 10.9. The van der Waals surface area contributed by atoms with Gasteiger partial charge in [0.1, 0.15) is 19.0 Å². The number of aliphatic hydroxyl groups excluding tert-OH is 1. The number of benzene rings is 2. The number of aliphatic hydroxyl groups is 1. The molecule has 0 radical (unpaired) electrons. The summed E-state index contributed by atoms with van der Waals surface area (Å²) in [6, 6.07) is 21.1. The molecule has 2 aliphatic rings. The van der Waals surface area contributed by atoms with Gasteiger partial charge < -0.3 is 19.7 Å². The summed E-state index contributed by atoms with van der Waals surface area (Å²) in [5.41, 5.74) is 2.06. The van der Waals surface area contributed by atoms with Crippen LogP contribution in [0.5, 0.6) is 0 Å². The minimum atomic E-state index is -0.394. The van der Waals surface area contributed by atoms with Crippen molar-refractivity contribution in [2.75, 3.05) is 6.54 Å². The molecule has 5 rings (SSSR count). The molecule has 2 aliphatic heterocycles. The largest absolute Gasteiger partial charge is 0.445 e. The summed E-state index contributed by atoms with van der Waals surface area (Å²) in [7, 11) is 0. The Morgan fingerprint density at radius 1 is 1.00 bits per heavy atom. The fraction of sp³-hybridized carbons (Fsp3) is 0.500. The van der Waals surface area contributed by atoms with Crippen molar-refractivity contribution in [2.45, 2.75) is 89.3 Å². The zero-order valence-corrected chi connectivity index (χ0v) is 22.4. The van der Waals surface area contributed by atoms with Crippen LogP contribution in [0.25, 0.3) is 0 Å². The zero-order valence-electron chi connectivity index (χ0n) is 22.4. The van der Waals surface area contributed by atoms with Crippen molar-refractivity contribution in [1.82, 2.24) is 25.0 Å². The molecule has 1 amide bonds. The number of nitrogens with one attached hydrogen (secondary N) is 1. The number of piperidine rings is 1. The van der Waals surface area contributed by atoms with Crippen LogP contribution in [0.15, 0.2) is 60.7 Å². The molecule has 202 valence electrons. The molecule has 3 atom stereocenters. The predicted molar refractivity (Wildman–Crippen MR) is 145 cm³/mol. The lowest BCUT2D eigenvalue weighted by Gasteiger charge is -2.40. The third-order valence-electron chi connectivity index (χ3n) is 8.06. The maximum Gasteiger partial charge on any atom is 0.407 e. The summed E-state index contributed by atoms with van der Waals surface area (Å²) in [6.45, 7) is 5.34. The van der Waals surface area contributed by atoms with E-state index in [4.69, 9.17) is 4.74 Å². The number of nitrogens with zero attached hydrogens (tertiary/aromatic N) is 4. The molecule has 1 aromatic heterocycles. The van der Waals surface area contributed by atoms with Crippen LogP contribution in [0.3, 0.4) is 0 Å². The smallest absolute Gasteiger partial charge is 0.407 e. The van der Waals surface area contributed by atoms with E-state index in [0.29, 0.717) is 23.9 Å². The quantitative estimate of drug-likeness (QED) is 0.388. The molecule has 38 heavy (non-hydrogen) atoms. The SMILES string of the molecule is CC(C)c1nnc(CO)n1C1C[C@H]2CC[C@H](C1)N2CC[C@H](NC(=O)OCc1ccccc1)c1ccccc1. The molecule has 8 nitrogen and oxygen atoms in total. The molecular weight excluding hydrogens is 478 g/mol. The molecule has 8 heteroatoms. The van der Waals surface area contributed by atoms with Crippen LogP contribution in [-0.2, 0) is 18.0 Å². The van der Waals surface area contributed by atoms with Gasteiger partial charge in [0.25, 0.3) is 0 Å². The number of alkyl carbamates (subject to hydrolysis) is 1. The number of ether oxygens (including phenoxy) is 1. The van der Waals surface area contributed by atoms with Crippen molar-refractivity contribution in [2.24, 2.45) is 0 Å². The molecule has 3 aromatic rings. The Morgan fingerprint density at radius 2 is 1.66 bits per heavy atom. The van der Waals surface area contributed by atoms with Crippen LogP contribution in [0.1, 0.15) is 86.7 Å². The van der Waals surface area contributed by atoms with Crippen LogP contribution in [0.4, 0.5) is 4.79 Å². The van der Waals surface area contributed by atoms with Gasteiger partial charge in [-0.25, -0.2) is 4.79 Å². The Labute approximate surface area is 225 Å². The van der Waals surface area contributed by atoms with E-state index in [1.54, 1.807) is 0 Å². The number of carbonyl (C=O) groups is 1. The lowest BCUT2D eigenvalue weighted by molar-refractivity contribution is 0.0956. The lowest BCUT2D eigenvalue weighted by Crippen LogP contribution is -2.45. The van der Waals surface area contributed by atoms with Gasteiger partial charge in [-0.1, -0.05) is 74.5 Å². The highest BCUT2D eigenvalue weighted by Crippen LogP contribution is 2.42. The standard InChI is InChI=1S/C30H39N5O3/c1-21(2)29-33-32-28(19-36)35(29)26-17-24-13-14-25(18-26)34(24)16-15-27(23-11-7-4-8-12-23)31-30(37)38-20-22-9-5-3-6-10-22/h3-12,21,24-27,36H,13-20H2,1-2H3,(H,31,37)/t24-,25-,27+/m1/s1. The average molecular weight is 518 g/mol. The van der Waals surface area contributed by atoms with Crippen molar-refractivity contribution >= 4 is 6.09 Å². The number of rotatable bonds is 10. The Hall–Kier alpha value is -3.23. The van der Waals surface area contributed by atoms with Gasteiger partial charge in [-0.05, 0) is 43.2 Å². The maximum absolute atomic E-state index is 12.7. The van der Waals surface area contributed by atoms with Crippen LogP contribution >= 0.6 is 0 Å². The second-order valence-electron chi connectivity index (χ2n) is 10.9. The van der Waals surface area contributed by atoms with E-state index in [2.05, 4.69) is 51.0 Å². The van der Waals surface area contributed by atoms with Crippen molar-refractivity contribution < 1.29 is 14.6 Å². The van der Waals surface area contributed by atoms with Gasteiger partial charge in [-0.15, -0.1) is 10.2 Å². The van der Waals surface area contributed by atoms with Crippen LogP contribution in [0.2, 0.25) is 0 Å². The van der Waals surface area contributed by atoms with Gasteiger partial charge in [-0.3, -0.25) is 4.90 Å². The monoisotopic (exact) mass is 517 g/mol. The van der Waals surface area contributed by atoms with Crippen molar-refractivity contribution in [3.63, 3.8) is 0 Å². The summed E-state index contributed by atoms with van der Waals surface area (Å²) in [4.78, 5) is 15.4. The maximum atomic E-state index is 12.7. The molecule has 0 aliphatic carbocycles. The molecule has 0 unspecified atom stereocenters. The Bertz CT molecular complexity index is 1170. The molecule has 2 bridgehead atoms. The first-order valence-electron chi connectivity index (χ1n) is 13.9. The van der Waals surface area contributed by atoms with Gasteiger partial charge >= 0.3 is 6.09 Å². The highest BCUT2D eigenvalue weighted by atomic mass is 16.5. The molecule has 2 saturated heterocycles. The highest BCUT2D eigenvalue weighted by molar-refractivity contribution is 5.68. The average Bonchev–Trinajstić information content (AvgIpc) is 3.48. The van der Waals surface area contributed by atoms with Crippen molar-refractivity contribution in [3.05, 3.63) is 83.4 Å². The number of aromatic nitrogens is 3. The minimum Gasteiger partial charge on any atom is -0.445 e. The van der Waals surface area contributed by atoms with E-state index in [0.717, 1.165) is 42.8 Å². The fourth-order valence-corrected chi connectivity index (χ4v) is 6.25. The topological polar surface area (TPSA) is 92.5 Å². The first-order valence-corrected chi connectivity index (χ1v) is 13.9. The summed E-state index contributed by atoms with van der Waals surface area (Å²) >= 11 is 0. The molecule has 3 heterocycles. The first kappa shape index (κ1) is 26.4. The van der Waals surface area contributed by atoms with E-state index in [1.807, 2.05) is 48.5 Å². The number of hydrogen-bond acceptors (Lipinski definition) is 6. The normalized spacial score (nSPS) is 21.9. The minimum absolute atomic E-state index is 0.0833. The molecule has 0 spiro atoms. The third kappa shape index (κ3) is 5.92. The first-order chi connectivity index (χ1) is 18.5. The van der Waals surface area contributed by atoms with Crippen LogP contribution in [-0.4, -0.2) is 49.5 Å². The van der Waals surface area contributed by atoms with E-state index in [-0.39, 0.29) is 25.2 Å². The number of carbonyl (C=O) groups excluding carboxylic acids is 1. The van der Waals surface area contributed by atoms with E-state index >= 15 is 0 Å². The summed E-state index contributed by atoms with van der Waals surface area (Å²) in [6.07, 6.45) is 4.84. The molecule has 0 saturated carbocycles. The number of fused-ring (bicyclic) bond motifs is 2. The molecule has 2 fully saturated rings. The summed E-state index contributed by atoms with van der Waals surface area (Å²) in [5.74, 6) is 1.90. The van der Waals surface area contributed by atoms with Gasteiger partial charge in [-0.2, -0.15) is 0 Å². The van der Waals surface area contributed by atoms with Crippen molar-refractivity contribution in [3.8, 4) is 0 Å². The predicted octanol–water partition coefficient (Wildman–Crippen LogP) is 5.12. The Balaban J connectivity index is 1.23. The van der Waals surface area contributed by atoms with Gasteiger partial charge in [0.2, 0.25) is 0 Å². The van der Waals surface area contributed by atoms with E-state index in [1.165, 1.54) is 12.8 Å². The van der Waals surface area contributed by atoms with Crippen molar-refractivity contribution in [1.29, 1.82) is 0 Å². The third-order valence-corrected chi connectivity index (χ3v) is 8.06. The zero-order chi connectivity index (χ0) is 26.5. The van der Waals surface area contributed by atoms with E-state index < -0.39 is 6.09 Å². The fourth-order valence-electron chi connectivity index (χ4n) is 6.25. The molecule has 2 aromatic carbocycles. The second kappa shape index (κ2) is 12.1. The summed E-state index contributed by atoms with van der Waals surface area (Å²) < 4.78 is 7.75. The van der Waals surface area contributed by atoms with Crippen LogP contribution in [0, 0.1) is 0 Å². The number of amides is 1. The van der Waals surface area contributed by atoms with Gasteiger partial charge in [0.05, 0.1) is 6.04 Å². The number of hydrogen-bond donors (Lipinski definition) is 2. The van der Waals surface area contributed by atoms with Gasteiger partial charge in [0, 0.05) is 30.6 Å². The highest BCUT2D eigenvalue weighted by Gasteiger charge is 2.42. The molecular formula is C30H39N5O3. The van der Waals surface area contributed by atoms with Gasteiger partial charge in [0.15, 0.2) is 5.82 Å². The Kier molecular flexibility index (Phi) is 8.39. The van der Waals surface area contributed by atoms with E-state index in [9.17, 15) is 9.90 Å².